The Morgan fingerprint density at radius 3 is 2.52 bits per heavy atom. The van der Waals surface area contributed by atoms with Gasteiger partial charge >= 0.3 is 5.97 Å². The van der Waals surface area contributed by atoms with Crippen molar-refractivity contribution < 1.29 is 18.7 Å². The molecule has 2 rings (SSSR count). The van der Waals surface area contributed by atoms with Crippen LogP contribution in [0.3, 0.4) is 0 Å². The number of nitriles is 1. The number of hydrogen-bond acceptors (Lipinski definition) is 4. The monoisotopic (exact) mass is 386 g/mol. The molecule has 0 aliphatic rings. The Kier molecular flexibility index (Phi) is 6.69. The highest BCUT2D eigenvalue weighted by Crippen LogP contribution is 2.19. The van der Waals surface area contributed by atoms with Crippen LogP contribution in [0.15, 0.2) is 48.0 Å². The van der Waals surface area contributed by atoms with E-state index in [2.05, 4.69) is 5.32 Å². The first kappa shape index (κ1) is 20.1. The fourth-order valence-corrected chi connectivity index (χ4v) is 2.24. The van der Waals surface area contributed by atoms with Gasteiger partial charge in [0.25, 0.3) is 5.91 Å². The zero-order valence-corrected chi connectivity index (χ0v) is 15.4. The summed E-state index contributed by atoms with van der Waals surface area (Å²) in [6.07, 6.45) is 0.211. The smallest absolute Gasteiger partial charge is 0.349 e. The predicted molar refractivity (Wildman–Crippen MR) is 100 cm³/mol. The van der Waals surface area contributed by atoms with Gasteiger partial charge in [0.15, 0.2) is 6.10 Å². The van der Waals surface area contributed by atoms with Crippen LogP contribution >= 0.6 is 11.6 Å². The van der Waals surface area contributed by atoms with E-state index in [4.69, 9.17) is 16.3 Å². The molecule has 0 bridgehead atoms. The number of carbonyl (C=O) groups is 2. The summed E-state index contributed by atoms with van der Waals surface area (Å²) in [7, 11) is 0. The first-order valence-electron chi connectivity index (χ1n) is 7.95. The van der Waals surface area contributed by atoms with Gasteiger partial charge in [-0.1, -0.05) is 41.4 Å². The minimum absolute atomic E-state index is 0.148. The first-order chi connectivity index (χ1) is 12.8. The van der Waals surface area contributed by atoms with Crippen molar-refractivity contribution in [2.45, 2.75) is 20.0 Å². The Bertz CT molecular complexity index is 933. The summed E-state index contributed by atoms with van der Waals surface area (Å²) in [4.78, 5) is 24.3. The lowest BCUT2D eigenvalue weighted by Crippen LogP contribution is -2.30. The highest BCUT2D eigenvalue weighted by molar-refractivity contribution is 6.31. The second-order valence-corrected chi connectivity index (χ2v) is 6.15. The number of rotatable bonds is 5. The molecule has 0 aliphatic heterocycles. The third-order valence-electron chi connectivity index (χ3n) is 3.57. The molecule has 1 amide bonds. The highest BCUT2D eigenvalue weighted by Gasteiger charge is 2.21. The number of amides is 1. The number of hydrogen-bond donors (Lipinski definition) is 1. The lowest BCUT2D eigenvalue weighted by atomic mass is 10.1. The quantitative estimate of drug-likeness (QED) is 0.473. The van der Waals surface area contributed by atoms with Gasteiger partial charge in [-0.05, 0) is 43.7 Å². The van der Waals surface area contributed by atoms with Gasteiger partial charge in [0.05, 0.1) is 5.02 Å². The second kappa shape index (κ2) is 8.97. The molecule has 0 saturated heterocycles. The second-order valence-electron chi connectivity index (χ2n) is 5.75. The van der Waals surface area contributed by atoms with Crippen LogP contribution in [0.1, 0.15) is 18.1 Å². The predicted octanol–water partition coefficient (Wildman–Crippen LogP) is 4.26. The summed E-state index contributed by atoms with van der Waals surface area (Å²) in [5.74, 6) is -2.18. The number of halogens is 2. The van der Waals surface area contributed by atoms with E-state index in [1.165, 1.54) is 25.1 Å². The summed E-state index contributed by atoms with van der Waals surface area (Å²) < 4.78 is 18.2. The van der Waals surface area contributed by atoms with Crippen molar-refractivity contribution in [1.29, 1.82) is 5.26 Å². The molecule has 0 saturated carbocycles. The number of aryl methyl sites for hydroxylation is 1. The van der Waals surface area contributed by atoms with E-state index in [-0.39, 0.29) is 16.3 Å². The molecule has 7 heteroatoms. The van der Waals surface area contributed by atoms with Crippen molar-refractivity contribution in [1.82, 2.24) is 0 Å². The molecule has 1 N–H and O–H groups in total. The van der Waals surface area contributed by atoms with E-state index in [1.807, 2.05) is 19.1 Å². The number of benzene rings is 2. The molecular weight excluding hydrogens is 371 g/mol. The number of nitrogens with one attached hydrogen (secondary N) is 1. The van der Waals surface area contributed by atoms with Crippen LogP contribution in [-0.2, 0) is 14.3 Å². The van der Waals surface area contributed by atoms with E-state index < -0.39 is 23.8 Å². The molecule has 0 fully saturated rings. The summed E-state index contributed by atoms with van der Waals surface area (Å²) in [5.41, 5.74) is 1.72. The molecule has 0 aliphatic carbocycles. The van der Waals surface area contributed by atoms with Gasteiger partial charge in [-0.3, -0.25) is 4.79 Å². The summed E-state index contributed by atoms with van der Waals surface area (Å²) >= 11 is 5.65. The number of anilines is 1. The van der Waals surface area contributed by atoms with Crippen molar-refractivity contribution in [2.24, 2.45) is 0 Å². The number of nitrogens with zero attached hydrogens (tertiary/aromatic N) is 1. The minimum atomic E-state index is -1.17. The summed E-state index contributed by atoms with van der Waals surface area (Å²) in [6.45, 7) is 3.28. The van der Waals surface area contributed by atoms with Gasteiger partial charge in [-0.15, -0.1) is 0 Å². The molecule has 2 aromatic carbocycles. The Morgan fingerprint density at radius 2 is 1.93 bits per heavy atom. The van der Waals surface area contributed by atoms with E-state index >= 15 is 0 Å². The van der Waals surface area contributed by atoms with Gasteiger partial charge in [-0.2, -0.15) is 5.26 Å². The lowest BCUT2D eigenvalue weighted by molar-refractivity contribution is -0.148. The topological polar surface area (TPSA) is 79.2 Å². The summed E-state index contributed by atoms with van der Waals surface area (Å²) in [6, 6.07) is 12.6. The van der Waals surface area contributed by atoms with E-state index in [9.17, 15) is 19.2 Å². The zero-order chi connectivity index (χ0) is 20.0. The maximum absolute atomic E-state index is 13.1. The van der Waals surface area contributed by atoms with Crippen LogP contribution in [0.5, 0.6) is 0 Å². The molecule has 138 valence electrons. The number of esters is 1. The van der Waals surface area contributed by atoms with Crippen molar-refractivity contribution >= 4 is 35.2 Å². The molecule has 1 atom stereocenters. The normalized spacial score (nSPS) is 12.0. The van der Waals surface area contributed by atoms with Crippen LogP contribution in [0.25, 0.3) is 6.08 Å². The Labute approximate surface area is 161 Å². The molecular formula is C20H16ClFN2O3. The number of carbonyl (C=O) groups excluding carboxylic acids is 2. The van der Waals surface area contributed by atoms with E-state index in [0.29, 0.717) is 5.56 Å². The highest BCUT2D eigenvalue weighted by atomic mass is 35.5. The van der Waals surface area contributed by atoms with Gasteiger partial charge in [0.2, 0.25) is 0 Å². The SMILES string of the molecule is Cc1ccc(/C=C(\C#N)C(=O)O[C@@H](C)C(=O)Nc2ccc(F)c(Cl)c2)cc1. The molecule has 2 aromatic rings. The van der Waals surface area contributed by atoms with Crippen LogP contribution in [0.4, 0.5) is 10.1 Å². The molecule has 5 nitrogen and oxygen atoms in total. The number of ether oxygens (including phenoxy) is 1. The van der Waals surface area contributed by atoms with Gasteiger partial charge in [-0.25, -0.2) is 9.18 Å². The fraction of sp³-hybridized carbons (Fsp3) is 0.150. The Balaban J connectivity index is 2.04. The Morgan fingerprint density at radius 1 is 1.26 bits per heavy atom. The van der Waals surface area contributed by atoms with Crippen molar-refractivity contribution in [3.05, 3.63) is 70.0 Å². The third kappa shape index (κ3) is 5.66. The Hall–Kier alpha value is -3.17. The maximum Gasteiger partial charge on any atom is 0.349 e. The largest absolute Gasteiger partial charge is 0.448 e. The molecule has 27 heavy (non-hydrogen) atoms. The molecule has 0 heterocycles. The average Bonchev–Trinajstić information content (AvgIpc) is 2.64. The van der Waals surface area contributed by atoms with Crippen LogP contribution in [-0.4, -0.2) is 18.0 Å². The van der Waals surface area contributed by atoms with E-state index in [1.54, 1.807) is 18.2 Å². The minimum Gasteiger partial charge on any atom is -0.448 e. The van der Waals surface area contributed by atoms with Crippen LogP contribution < -0.4 is 5.32 Å². The van der Waals surface area contributed by atoms with Crippen molar-refractivity contribution in [3.63, 3.8) is 0 Å². The lowest BCUT2D eigenvalue weighted by Gasteiger charge is -2.13. The molecule has 0 aromatic heterocycles. The average molecular weight is 387 g/mol. The molecule has 0 spiro atoms. The van der Waals surface area contributed by atoms with Crippen LogP contribution in [0, 0.1) is 24.1 Å². The van der Waals surface area contributed by atoms with E-state index in [0.717, 1.165) is 11.6 Å². The fourth-order valence-electron chi connectivity index (χ4n) is 2.06. The third-order valence-corrected chi connectivity index (χ3v) is 3.86. The summed E-state index contributed by atoms with van der Waals surface area (Å²) in [5, 5.41) is 11.5. The van der Waals surface area contributed by atoms with Crippen LogP contribution in [0.2, 0.25) is 5.02 Å². The maximum atomic E-state index is 13.1. The first-order valence-corrected chi connectivity index (χ1v) is 8.33. The molecule has 0 radical (unpaired) electrons. The van der Waals surface area contributed by atoms with Gasteiger partial charge < -0.3 is 10.1 Å². The van der Waals surface area contributed by atoms with Gasteiger partial charge in [0, 0.05) is 5.69 Å². The van der Waals surface area contributed by atoms with Crippen molar-refractivity contribution in [2.75, 3.05) is 5.32 Å². The standard InChI is InChI=1S/C20H16ClFN2O3/c1-12-3-5-14(6-4-12)9-15(11-23)20(26)27-13(2)19(25)24-16-7-8-18(22)17(21)10-16/h3-10,13H,1-2H3,(H,24,25)/b15-9+/t13-/m0/s1. The molecule has 0 unspecified atom stereocenters. The van der Waals surface area contributed by atoms with Crippen molar-refractivity contribution in [3.8, 4) is 6.07 Å². The van der Waals surface area contributed by atoms with Gasteiger partial charge in [0.1, 0.15) is 17.5 Å². The zero-order valence-electron chi connectivity index (χ0n) is 14.6.